The molecule has 0 radical (unpaired) electrons. The average molecular weight is 239 g/mol. The molecule has 84 valence electrons. The molecule has 1 amide bonds. The lowest BCUT2D eigenvalue weighted by Gasteiger charge is -2.17. The normalized spacial score (nSPS) is 15.8. The van der Waals surface area contributed by atoms with Gasteiger partial charge in [-0.1, -0.05) is 0 Å². The van der Waals surface area contributed by atoms with Gasteiger partial charge in [-0.15, -0.1) is 10.8 Å². The number of thiol groups is 1. The summed E-state index contributed by atoms with van der Waals surface area (Å²) in [6.07, 6.45) is 4.63. The van der Waals surface area contributed by atoms with Crippen molar-refractivity contribution in [3.05, 3.63) is 0 Å². The van der Waals surface area contributed by atoms with Gasteiger partial charge >= 0.3 is 5.97 Å². The summed E-state index contributed by atoms with van der Waals surface area (Å²) in [6, 6.07) is -0.732. The van der Waals surface area contributed by atoms with Crippen LogP contribution in [0.5, 0.6) is 0 Å². The molecule has 0 aliphatic rings. The van der Waals surface area contributed by atoms with Crippen LogP contribution in [0.25, 0.3) is 0 Å². The van der Waals surface area contributed by atoms with E-state index in [-0.39, 0.29) is 15.8 Å². The highest BCUT2D eigenvalue weighted by Gasteiger charge is 2.17. The highest BCUT2D eigenvalue weighted by atomic mass is 33.1. The van der Waals surface area contributed by atoms with E-state index >= 15 is 0 Å². The second-order valence-electron chi connectivity index (χ2n) is 2.91. The highest BCUT2D eigenvalue weighted by Crippen LogP contribution is 2.34. The van der Waals surface area contributed by atoms with Gasteiger partial charge in [-0.2, -0.15) is 0 Å². The van der Waals surface area contributed by atoms with Crippen LogP contribution in [0.4, 0.5) is 0 Å². The Bertz CT molecular complexity index is 211. The number of hydrogen-bond donors (Lipinski definition) is 3. The zero-order chi connectivity index (χ0) is 11.1. The van der Waals surface area contributed by atoms with E-state index in [4.69, 9.17) is 5.11 Å². The largest absolute Gasteiger partial charge is 0.480 e. The molecule has 4 nitrogen and oxygen atoms in total. The lowest BCUT2D eigenvalue weighted by molar-refractivity contribution is -0.141. The fourth-order valence-electron chi connectivity index (χ4n) is 0.905. The molecule has 2 N–H and O–H groups in total. The van der Waals surface area contributed by atoms with E-state index < -0.39 is 12.0 Å². The van der Waals surface area contributed by atoms with E-state index in [9.17, 15) is 9.59 Å². The minimum absolute atomic E-state index is 0.159. The summed E-state index contributed by atoms with van der Waals surface area (Å²) in [7, 11) is 1.60. The van der Waals surface area contributed by atoms with Gasteiger partial charge in [-0.25, -0.2) is 14.7 Å². The fraction of sp³-hybridized carbons (Fsp3) is 0.750. The molecule has 0 spiro atoms. The SMILES string of the molecule is CS[SH](C)CC[C@H](NC(C)=O)C(=O)O. The molecule has 0 aliphatic carbocycles. The lowest BCUT2D eigenvalue weighted by Crippen LogP contribution is -2.40. The predicted molar refractivity (Wildman–Crippen MR) is 63.1 cm³/mol. The Morgan fingerprint density at radius 1 is 1.57 bits per heavy atom. The summed E-state index contributed by atoms with van der Waals surface area (Å²) in [5.74, 6) is -0.389. The Labute approximate surface area is 90.6 Å². The van der Waals surface area contributed by atoms with Crippen LogP contribution in [0.1, 0.15) is 13.3 Å². The third kappa shape index (κ3) is 6.15. The highest BCUT2D eigenvalue weighted by molar-refractivity contribution is 8.84. The number of carboxylic acids is 1. The van der Waals surface area contributed by atoms with Crippen LogP contribution in [0.2, 0.25) is 0 Å². The third-order valence-corrected chi connectivity index (χ3v) is 5.65. The predicted octanol–water partition coefficient (Wildman–Crippen LogP) is 0.875. The molecular weight excluding hydrogens is 222 g/mol. The second kappa shape index (κ2) is 7.00. The van der Waals surface area contributed by atoms with E-state index in [0.29, 0.717) is 6.42 Å². The van der Waals surface area contributed by atoms with Gasteiger partial charge in [0.1, 0.15) is 6.04 Å². The second-order valence-corrected chi connectivity index (χ2v) is 7.95. The van der Waals surface area contributed by atoms with Crippen LogP contribution < -0.4 is 5.32 Å². The van der Waals surface area contributed by atoms with Gasteiger partial charge in [0.05, 0.1) is 0 Å². The maximum absolute atomic E-state index is 10.7. The number of amides is 1. The molecule has 2 atom stereocenters. The molecule has 1 unspecified atom stereocenters. The molecule has 0 bridgehead atoms. The molecule has 0 fully saturated rings. The molecule has 0 saturated heterocycles. The van der Waals surface area contributed by atoms with Crippen molar-refractivity contribution < 1.29 is 14.7 Å². The van der Waals surface area contributed by atoms with Gasteiger partial charge in [0, 0.05) is 6.92 Å². The van der Waals surface area contributed by atoms with Crippen LogP contribution in [-0.4, -0.2) is 41.3 Å². The van der Waals surface area contributed by atoms with Gasteiger partial charge in [0.15, 0.2) is 0 Å². The molecule has 0 aliphatic heterocycles. The van der Waals surface area contributed by atoms with E-state index in [2.05, 4.69) is 11.6 Å². The Kier molecular flexibility index (Phi) is 6.82. The summed E-state index contributed by atoms with van der Waals surface area (Å²) in [4.78, 5) is 21.4. The van der Waals surface area contributed by atoms with E-state index in [1.165, 1.54) is 6.92 Å². The maximum atomic E-state index is 10.7. The monoisotopic (exact) mass is 239 g/mol. The summed E-state index contributed by atoms with van der Waals surface area (Å²) in [5.41, 5.74) is 0. The Morgan fingerprint density at radius 2 is 2.14 bits per heavy atom. The Morgan fingerprint density at radius 3 is 2.50 bits per heavy atom. The van der Waals surface area contributed by atoms with Crippen molar-refractivity contribution >= 4 is 32.6 Å². The molecule has 6 heteroatoms. The molecule has 0 heterocycles. The summed E-state index contributed by atoms with van der Waals surface area (Å²) in [5, 5.41) is 11.2. The van der Waals surface area contributed by atoms with Crippen LogP contribution in [0.15, 0.2) is 0 Å². The van der Waals surface area contributed by atoms with Crippen LogP contribution in [-0.2, 0) is 9.59 Å². The van der Waals surface area contributed by atoms with Crippen molar-refractivity contribution in [2.45, 2.75) is 19.4 Å². The van der Waals surface area contributed by atoms with Crippen molar-refractivity contribution in [1.82, 2.24) is 5.32 Å². The molecule has 0 aromatic carbocycles. The van der Waals surface area contributed by atoms with Crippen molar-refractivity contribution in [3.63, 3.8) is 0 Å². The van der Waals surface area contributed by atoms with Gasteiger partial charge in [-0.3, -0.25) is 4.79 Å². The molecule has 0 aromatic heterocycles. The maximum Gasteiger partial charge on any atom is 0.326 e. The molecule has 0 rings (SSSR count). The topological polar surface area (TPSA) is 66.4 Å². The lowest BCUT2D eigenvalue weighted by atomic mass is 10.2. The van der Waals surface area contributed by atoms with Crippen LogP contribution >= 0.6 is 20.7 Å². The van der Waals surface area contributed by atoms with Gasteiger partial charge in [0.2, 0.25) is 5.91 Å². The minimum Gasteiger partial charge on any atom is -0.480 e. The minimum atomic E-state index is -0.954. The van der Waals surface area contributed by atoms with Crippen molar-refractivity contribution in [3.8, 4) is 0 Å². The van der Waals surface area contributed by atoms with Gasteiger partial charge < -0.3 is 10.4 Å². The summed E-state index contributed by atoms with van der Waals surface area (Å²) >= 11 is 0. The van der Waals surface area contributed by atoms with E-state index in [1.54, 1.807) is 10.8 Å². The Balaban J connectivity index is 3.97. The standard InChI is InChI=1S/C8H17NO3S2/c1-6(10)9-7(8(11)12)4-5-14(3)13-2/h7,14H,4-5H2,1-3H3,(H,9,10)(H,11,12)/t7-/m0/s1. The number of carbonyl (C=O) groups is 2. The number of rotatable bonds is 6. The molecule has 14 heavy (non-hydrogen) atoms. The van der Waals surface area contributed by atoms with Gasteiger partial charge in [0.25, 0.3) is 0 Å². The van der Waals surface area contributed by atoms with Crippen LogP contribution in [0.3, 0.4) is 0 Å². The van der Waals surface area contributed by atoms with Crippen molar-refractivity contribution in [2.24, 2.45) is 0 Å². The number of carboxylic acid groups (broad SMARTS) is 1. The van der Waals surface area contributed by atoms with E-state index in [0.717, 1.165) is 5.75 Å². The molecular formula is C8H17NO3S2. The van der Waals surface area contributed by atoms with Crippen molar-refractivity contribution in [1.29, 1.82) is 0 Å². The number of carbonyl (C=O) groups excluding carboxylic acids is 1. The number of aliphatic carboxylic acids is 1. The first-order valence-corrected chi connectivity index (χ1v) is 8.03. The average Bonchev–Trinajstić information content (AvgIpc) is 2.10. The zero-order valence-electron chi connectivity index (χ0n) is 8.61. The third-order valence-electron chi connectivity index (χ3n) is 1.72. The number of nitrogens with one attached hydrogen (secondary N) is 1. The first kappa shape index (κ1) is 13.6. The summed E-state index contributed by atoms with van der Waals surface area (Å²) in [6.45, 7) is 1.33. The smallest absolute Gasteiger partial charge is 0.326 e. The van der Waals surface area contributed by atoms with Crippen molar-refractivity contribution in [2.75, 3.05) is 18.3 Å². The van der Waals surface area contributed by atoms with Crippen LogP contribution in [0, 0.1) is 0 Å². The first-order chi connectivity index (χ1) is 6.47. The quantitative estimate of drug-likeness (QED) is 0.475. The summed E-state index contributed by atoms with van der Waals surface area (Å²) < 4.78 is 0. The fourth-order valence-corrected chi connectivity index (χ4v) is 2.57. The molecule has 0 aromatic rings. The first-order valence-electron chi connectivity index (χ1n) is 4.22. The Hall–Kier alpha value is -0.360. The number of hydrogen-bond acceptors (Lipinski definition) is 3. The zero-order valence-corrected chi connectivity index (χ0v) is 10.3. The van der Waals surface area contributed by atoms with Gasteiger partial charge in [-0.05, 0) is 24.7 Å². The van der Waals surface area contributed by atoms with E-state index in [1.807, 2.05) is 6.26 Å². The molecule has 0 saturated carbocycles.